The van der Waals surface area contributed by atoms with E-state index in [-0.39, 0.29) is 0 Å². The van der Waals surface area contributed by atoms with Crippen molar-refractivity contribution in [2.45, 2.75) is 90.9 Å². The number of phenols is 1. The summed E-state index contributed by atoms with van der Waals surface area (Å²) in [7, 11) is 0. The molecule has 0 bridgehead atoms. The lowest BCUT2D eigenvalue weighted by molar-refractivity contribution is 0.244. The minimum atomic E-state index is -0.862. The van der Waals surface area contributed by atoms with Gasteiger partial charge in [0.05, 0.1) is 0 Å². The Balaban J connectivity index is 1.65. The van der Waals surface area contributed by atoms with E-state index in [0.717, 1.165) is 18.3 Å². The van der Waals surface area contributed by atoms with Gasteiger partial charge in [-0.25, -0.2) is 8.78 Å². The van der Waals surface area contributed by atoms with Crippen LogP contribution >= 0.6 is 0 Å². The number of aromatic hydroxyl groups is 1. The molecule has 1 nitrogen and oxygen atoms in total. The van der Waals surface area contributed by atoms with Crippen molar-refractivity contribution in [3.63, 3.8) is 0 Å². The van der Waals surface area contributed by atoms with E-state index in [2.05, 4.69) is 13.8 Å². The molecule has 0 saturated heterocycles. The van der Waals surface area contributed by atoms with E-state index in [9.17, 15) is 13.9 Å². The van der Waals surface area contributed by atoms with Gasteiger partial charge in [-0.15, -0.1) is 0 Å². The van der Waals surface area contributed by atoms with Gasteiger partial charge in [-0.3, -0.25) is 0 Å². The molecular weight excluding hydrogens is 330 g/mol. The van der Waals surface area contributed by atoms with E-state index in [4.69, 9.17) is 0 Å². The molecule has 1 aromatic carbocycles. The molecule has 0 amide bonds. The van der Waals surface area contributed by atoms with Crippen LogP contribution in [-0.2, 0) is 6.42 Å². The maximum absolute atomic E-state index is 13.4. The highest BCUT2D eigenvalue weighted by atomic mass is 19.1. The number of rotatable bonds is 10. The molecule has 3 heteroatoms. The van der Waals surface area contributed by atoms with Gasteiger partial charge in [-0.1, -0.05) is 78.1 Å². The SMILES string of the molecule is CCCC(CC)CCCC1CCC(CCc2cc(F)c(O)c(F)c2)CC1. The smallest absolute Gasteiger partial charge is 0.187 e. The Bertz CT molecular complexity index is 512. The number of halogens is 2. The van der Waals surface area contributed by atoms with Gasteiger partial charge in [0.25, 0.3) is 0 Å². The van der Waals surface area contributed by atoms with Gasteiger partial charge in [0.1, 0.15) is 0 Å². The van der Waals surface area contributed by atoms with Crippen LogP contribution in [0.1, 0.15) is 90.0 Å². The lowest BCUT2D eigenvalue weighted by Gasteiger charge is -2.29. The van der Waals surface area contributed by atoms with Crippen molar-refractivity contribution in [2.75, 3.05) is 0 Å². The Morgan fingerprint density at radius 2 is 1.54 bits per heavy atom. The zero-order valence-electron chi connectivity index (χ0n) is 16.6. The van der Waals surface area contributed by atoms with Crippen LogP contribution in [-0.4, -0.2) is 5.11 Å². The summed E-state index contributed by atoms with van der Waals surface area (Å²) >= 11 is 0. The van der Waals surface area contributed by atoms with Crippen molar-refractivity contribution in [3.05, 3.63) is 29.3 Å². The van der Waals surface area contributed by atoms with Crippen molar-refractivity contribution in [1.82, 2.24) is 0 Å². The second kappa shape index (κ2) is 10.9. The fourth-order valence-electron chi connectivity index (χ4n) is 4.60. The third-order valence-corrected chi connectivity index (χ3v) is 6.38. The highest BCUT2D eigenvalue weighted by molar-refractivity contribution is 5.30. The van der Waals surface area contributed by atoms with E-state index < -0.39 is 17.4 Å². The predicted molar refractivity (Wildman–Crippen MR) is 104 cm³/mol. The second-order valence-corrected chi connectivity index (χ2v) is 8.33. The second-order valence-electron chi connectivity index (χ2n) is 8.33. The molecule has 1 aliphatic carbocycles. The van der Waals surface area contributed by atoms with Gasteiger partial charge in [0, 0.05) is 0 Å². The molecule has 0 aromatic heterocycles. The highest BCUT2D eigenvalue weighted by Crippen LogP contribution is 2.35. The quantitative estimate of drug-likeness (QED) is 0.457. The largest absolute Gasteiger partial charge is 0.503 e. The zero-order chi connectivity index (χ0) is 18.9. The molecule has 1 saturated carbocycles. The molecule has 0 spiro atoms. The summed E-state index contributed by atoms with van der Waals surface area (Å²) in [5.74, 6) is -0.0844. The van der Waals surface area contributed by atoms with Crippen LogP contribution in [0, 0.1) is 29.4 Å². The number of hydrogen-bond donors (Lipinski definition) is 1. The Morgan fingerprint density at radius 3 is 2.08 bits per heavy atom. The topological polar surface area (TPSA) is 20.2 Å². The third kappa shape index (κ3) is 6.55. The van der Waals surface area contributed by atoms with Crippen LogP contribution in [0.4, 0.5) is 8.78 Å². The molecular formula is C23H36F2O. The van der Waals surface area contributed by atoms with Gasteiger partial charge >= 0.3 is 0 Å². The first-order valence-electron chi connectivity index (χ1n) is 10.7. The molecule has 1 unspecified atom stereocenters. The summed E-state index contributed by atoms with van der Waals surface area (Å²) in [5, 5.41) is 9.18. The van der Waals surface area contributed by atoms with Crippen molar-refractivity contribution >= 4 is 0 Å². The third-order valence-electron chi connectivity index (χ3n) is 6.38. The van der Waals surface area contributed by atoms with Crippen molar-refractivity contribution in [2.24, 2.45) is 17.8 Å². The summed E-state index contributed by atoms with van der Waals surface area (Å²) in [6.45, 7) is 4.60. The van der Waals surface area contributed by atoms with Crippen LogP contribution < -0.4 is 0 Å². The molecule has 0 heterocycles. The average molecular weight is 367 g/mol. The average Bonchev–Trinajstić information content (AvgIpc) is 2.64. The maximum atomic E-state index is 13.4. The maximum Gasteiger partial charge on any atom is 0.187 e. The number of benzene rings is 1. The molecule has 1 aromatic rings. The lowest BCUT2D eigenvalue weighted by atomic mass is 9.77. The zero-order valence-corrected chi connectivity index (χ0v) is 16.6. The Morgan fingerprint density at radius 1 is 0.962 bits per heavy atom. The first kappa shape index (κ1) is 21.2. The van der Waals surface area contributed by atoms with Gasteiger partial charge < -0.3 is 5.11 Å². The highest BCUT2D eigenvalue weighted by Gasteiger charge is 2.21. The molecule has 1 aliphatic rings. The molecule has 0 aliphatic heterocycles. The number of phenolic OH excluding ortho intramolecular Hbond substituents is 1. The Hall–Kier alpha value is -1.12. The van der Waals surface area contributed by atoms with E-state index in [1.54, 1.807) is 0 Å². The van der Waals surface area contributed by atoms with Crippen LogP contribution in [0.15, 0.2) is 12.1 Å². The molecule has 1 atom stereocenters. The minimum absolute atomic E-state index is 0.654. The summed E-state index contributed by atoms with van der Waals surface area (Å²) in [5.41, 5.74) is 0.654. The Kier molecular flexibility index (Phi) is 8.87. The first-order chi connectivity index (χ1) is 12.5. The Labute approximate surface area is 158 Å². The van der Waals surface area contributed by atoms with Crippen molar-refractivity contribution < 1.29 is 13.9 Å². The van der Waals surface area contributed by atoms with Gasteiger partial charge in [-0.2, -0.15) is 0 Å². The van der Waals surface area contributed by atoms with E-state index in [0.29, 0.717) is 17.9 Å². The van der Waals surface area contributed by atoms with E-state index in [1.807, 2.05) is 0 Å². The monoisotopic (exact) mass is 366 g/mol. The minimum Gasteiger partial charge on any atom is -0.503 e. The van der Waals surface area contributed by atoms with Gasteiger partial charge in [0.2, 0.25) is 0 Å². The summed E-state index contributed by atoms with van der Waals surface area (Å²) in [4.78, 5) is 0. The summed E-state index contributed by atoms with van der Waals surface area (Å²) in [6, 6.07) is 2.54. The normalized spacial score (nSPS) is 21.7. The standard InChI is InChI=1S/C23H36F2O/c1-3-6-17(4-2)7-5-8-18-9-11-19(12-10-18)13-14-20-15-21(24)23(26)22(25)16-20/h15-19,26H,3-14H2,1-2H3. The molecule has 1 N–H and O–H groups in total. The predicted octanol–water partition coefficient (Wildman–Crippen LogP) is 7.41. The summed E-state index contributed by atoms with van der Waals surface area (Å²) in [6.07, 6.45) is 15.0. The van der Waals surface area contributed by atoms with Crippen molar-refractivity contribution in [3.8, 4) is 5.75 Å². The molecule has 148 valence electrons. The van der Waals surface area contributed by atoms with E-state index >= 15 is 0 Å². The van der Waals surface area contributed by atoms with Gasteiger partial charge in [0.15, 0.2) is 17.4 Å². The van der Waals surface area contributed by atoms with Crippen LogP contribution in [0.5, 0.6) is 5.75 Å². The molecule has 2 rings (SSSR count). The number of hydrogen-bond acceptors (Lipinski definition) is 1. The molecule has 26 heavy (non-hydrogen) atoms. The van der Waals surface area contributed by atoms with E-state index in [1.165, 1.54) is 76.3 Å². The van der Waals surface area contributed by atoms with Crippen LogP contribution in [0.2, 0.25) is 0 Å². The van der Waals surface area contributed by atoms with Crippen LogP contribution in [0.3, 0.4) is 0 Å². The molecule has 0 radical (unpaired) electrons. The fourth-order valence-corrected chi connectivity index (χ4v) is 4.60. The lowest BCUT2D eigenvalue weighted by Crippen LogP contribution is -2.15. The van der Waals surface area contributed by atoms with Gasteiger partial charge in [-0.05, 0) is 48.3 Å². The molecule has 1 fully saturated rings. The van der Waals surface area contributed by atoms with Crippen LogP contribution in [0.25, 0.3) is 0 Å². The fraction of sp³-hybridized carbons (Fsp3) is 0.739. The first-order valence-corrected chi connectivity index (χ1v) is 10.7. The summed E-state index contributed by atoms with van der Waals surface area (Å²) < 4.78 is 26.8. The van der Waals surface area contributed by atoms with Crippen molar-refractivity contribution in [1.29, 1.82) is 0 Å². The number of aryl methyl sites for hydroxylation is 1.